The van der Waals surface area contributed by atoms with Crippen LogP contribution in [0.3, 0.4) is 0 Å². The molecule has 1 aliphatic carbocycles. The first-order valence-corrected chi connectivity index (χ1v) is 5.22. The Morgan fingerprint density at radius 2 is 1.85 bits per heavy atom. The number of amides is 1. The summed E-state index contributed by atoms with van der Waals surface area (Å²) in [6.45, 7) is 0. The molecule has 1 unspecified atom stereocenters. The van der Waals surface area contributed by atoms with Crippen LogP contribution in [-0.4, -0.2) is 19.0 Å². The summed E-state index contributed by atoms with van der Waals surface area (Å²) in [5, 5.41) is 3.02. The number of likely N-dealkylation sites (N-methyl/N-ethyl adjacent to an activating group) is 1. The SMILES string of the molecule is CNC(C(N)=O)C1CCCCCC1. The van der Waals surface area contributed by atoms with Gasteiger partial charge in [0.05, 0.1) is 6.04 Å². The summed E-state index contributed by atoms with van der Waals surface area (Å²) in [5.74, 6) is 0.263. The van der Waals surface area contributed by atoms with Gasteiger partial charge in [-0.15, -0.1) is 0 Å². The first-order valence-electron chi connectivity index (χ1n) is 5.22. The number of rotatable bonds is 3. The summed E-state index contributed by atoms with van der Waals surface area (Å²) in [7, 11) is 1.82. The fraction of sp³-hybridized carbons (Fsp3) is 0.900. The minimum Gasteiger partial charge on any atom is -0.368 e. The zero-order valence-electron chi connectivity index (χ0n) is 8.38. The molecule has 0 radical (unpaired) electrons. The summed E-state index contributed by atoms with van der Waals surface area (Å²) in [4.78, 5) is 11.1. The topological polar surface area (TPSA) is 55.1 Å². The number of nitrogens with one attached hydrogen (secondary N) is 1. The van der Waals surface area contributed by atoms with E-state index in [2.05, 4.69) is 5.32 Å². The molecule has 1 aliphatic rings. The van der Waals surface area contributed by atoms with Gasteiger partial charge in [0, 0.05) is 0 Å². The van der Waals surface area contributed by atoms with E-state index in [0.29, 0.717) is 5.92 Å². The van der Waals surface area contributed by atoms with Crippen molar-refractivity contribution in [3.8, 4) is 0 Å². The maximum absolute atomic E-state index is 11.1. The van der Waals surface area contributed by atoms with Crippen molar-refractivity contribution in [3.05, 3.63) is 0 Å². The van der Waals surface area contributed by atoms with Gasteiger partial charge in [0.25, 0.3) is 0 Å². The highest BCUT2D eigenvalue weighted by Crippen LogP contribution is 2.25. The molecule has 3 nitrogen and oxygen atoms in total. The Hall–Kier alpha value is -0.570. The largest absolute Gasteiger partial charge is 0.368 e. The average Bonchev–Trinajstić information content (AvgIpc) is 2.33. The van der Waals surface area contributed by atoms with Gasteiger partial charge in [-0.1, -0.05) is 25.7 Å². The van der Waals surface area contributed by atoms with Crippen molar-refractivity contribution in [1.29, 1.82) is 0 Å². The van der Waals surface area contributed by atoms with Crippen molar-refractivity contribution in [1.82, 2.24) is 5.32 Å². The van der Waals surface area contributed by atoms with Crippen LogP contribution < -0.4 is 11.1 Å². The van der Waals surface area contributed by atoms with Crippen LogP contribution in [0.2, 0.25) is 0 Å². The van der Waals surface area contributed by atoms with E-state index in [1.54, 1.807) is 0 Å². The van der Waals surface area contributed by atoms with Crippen LogP contribution in [0.4, 0.5) is 0 Å². The number of primary amides is 1. The number of carbonyl (C=O) groups is 1. The molecule has 0 aromatic carbocycles. The Morgan fingerprint density at radius 1 is 1.31 bits per heavy atom. The minimum atomic E-state index is -0.200. The fourth-order valence-corrected chi connectivity index (χ4v) is 2.25. The maximum atomic E-state index is 11.1. The predicted molar refractivity (Wildman–Crippen MR) is 53.2 cm³/mol. The van der Waals surface area contributed by atoms with Crippen molar-refractivity contribution in [2.24, 2.45) is 11.7 Å². The van der Waals surface area contributed by atoms with Crippen LogP contribution in [0.1, 0.15) is 38.5 Å². The normalized spacial score (nSPS) is 22.2. The van der Waals surface area contributed by atoms with Crippen molar-refractivity contribution in [2.75, 3.05) is 7.05 Å². The summed E-state index contributed by atoms with van der Waals surface area (Å²) < 4.78 is 0. The molecule has 1 atom stereocenters. The zero-order chi connectivity index (χ0) is 9.68. The lowest BCUT2D eigenvalue weighted by molar-refractivity contribution is -0.121. The van der Waals surface area contributed by atoms with Crippen LogP contribution in [-0.2, 0) is 4.79 Å². The van der Waals surface area contributed by atoms with E-state index in [9.17, 15) is 4.79 Å². The molecule has 0 saturated heterocycles. The molecular weight excluding hydrogens is 164 g/mol. The van der Waals surface area contributed by atoms with Gasteiger partial charge in [0.1, 0.15) is 0 Å². The molecule has 1 saturated carbocycles. The third-order valence-corrected chi connectivity index (χ3v) is 2.99. The molecule has 0 aromatic rings. The highest BCUT2D eigenvalue weighted by molar-refractivity contribution is 5.80. The molecule has 0 heterocycles. The zero-order valence-corrected chi connectivity index (χ0v) is 8.38. The van der Waals surface area contributed by atoms with Crippen molar-refractivity contribution >= 4 is 5.91 Å². The molecule has 0 aromatic heterocycles. The quantitative estimate of drug-likeness (QED) is 0.644. The molecule has 0 aliphatic heterocycles. The van der Waals surface area contributed by atoms with Gasteiger partial charge in [0.15, 0.2) is 0 Å². The third kappa shape index (κ3) is 2.99. The van der Waals surface area contributed by atoms with Gasteiger partial charge in [-0.2, -0.15) is 0 Å². The number of nitrogens with two attached hydrogens (primary N) is 1. The van der Waals surface area contributed by atoms with Crippen LogP contribution >= 0.6 is 0 Å². The second-order valence-corrected chi connectivity index (χ2v) is 3.92. The number of hydrogen-bond donors (Lipinski definition) is 2. The van der Waals surface area contributed by atoms with Crippen molar-refractivity contribution in [3.63, 3.8) is 0 Å². The van der Waals surface area contributed by atoms with E-state index in [1.807, 2.05) is 7.05 Å². The third-order valence-electron chi connectivity index (χ3n) is 2.99. The average molecular weight is 184 g/mol. The lowest BCUT2D eigenvalue weighted by Gasteiger charge is -2.22. The van der Waals surface area contributed by atoms with Gasteiger partial charge in [-0.3, -0.25) is 4.79 Å². The monoisotopic (exact) mass is 184 g/mol. The van der Waals surface area contributed by atoms with Gasteiger partial charge in [-0.05, 0) is 25.8 Å². The predicted octanol–water partition coefficient (Wildman–Crippen LogP) is 1.03. The van der Waals surface area contributed by atoms with Gasteiger partial charge in [0.2, 0.25) is 5.91 Å². The molecular formula is C10H20N2O. The lowest BCUT2D eigenvalue weighted by Crippen LogP contribution is -2.44. The fourth-order valence-electron chi connectivity index (χ4n) is 2.25. The smallest absolute Gasteiger partial charge is 0.234 e. The second kappa shape index (κ2) is 5.22. The van der Waals surface area contributed by atoms with Crippen LogP contribution in [0.25, 0.3) is 0 Å². The Balaban J connectivity index is 2.50. The van der Waals surface area contributed by atoms with E-state index >= 15 is 0 Å². The maximum Gasteiger partial charge on any atom is 0.234 e. The molecule has 76 valence electrons. The molecule has 1 amide bonds. The molecule has 0 spiro atoms. The van der Waals surface area contributed by atoms with Crippen LogP contribution in [0.15, 0.2) is 0 Å². The molecule has 1 fully saturated rings. The van der Waals surface area contributed by atoms with Crippen molar-refractivity contribution in [2.45, 2.75) is 44.6 Å². The summed E-state index contributed by atoms with van der Waals surface area (Å²) in [6, 6.07) is -0.113. The molecule has 3 heteroatoms. The van der Waals surface area contributed by atoms with Gasteiger partial charge >= 0.3 is 0 Å². The minimum absolute atomic E-state index is 0.113. The highest BCUT2D eigenvalue weighted by atomic mass is 16.1. The summed E-state index contributed by atoms with van der Waals surface area (Å²) in [6.07, 6.45) is 7.41. The van der Waals surface area contributed by atoms with E-state index in [0.717, 1.165) is 12.8 Å². The number of hydrogen-bond acceptors (Lipinski definition) is 2. The first-order chi connectivity index (χ1) is 6.25. The molecule has 13 heavy (non-hydrogen) atoms. The van der Waals surface area contributed by atoms with Crippen molar-refractivity contribution < 1.29 is 4.79 Å². The van der Waals surface area contributed by atoms with Crippen LogP contribution in [0.5, 0.6) is 0 Å². The van der Waals surface area contributed by atoms with E-state index in [-0.39, 0.29) is 11.9 Å². The van der Waals surface area contributed by atoms with Crippen LogP contribution in [0, 0.1) is 5.92 Å². The second-order valence-electron chi connectivity index (χ2n) is 3.92. The first kappa shape index (κ1) is 10.5. The highest BCUT2D eigenvalue weighted by Gasteiger charge is 2.25. The Morgan fingerprint density at radius 3 is 2.23 bits per heavy atom. The lowest BCUT2D eigenvalue weighted by atomic mass is 9.91. The molecule has 1 rings (SSSR count). The van der Waals surface area contributed by atoms with E-state index < -0.39 is 0 Å². The summed E-state index contributed by atoms with van der Waals surface area (Å²) in [5.41, 5.74) is 5.33. The van der Waals surface area contributed by atoms with E-state index in [1.165, 1.54) is 25.7 Å². The Bertz CT molecular complexity index is 162. The Kier molecular flexibility index (Phi) is 4.22. The molecule has 0 bridgehead atoms. The van der Waals surface area contributed by atoms with Gasteiger partial charge in [-0.25, -0.2) is 0 Å². The van der Waals surface area contributed by atoms with E-state index in [4.69, 9.17) is 5.73 Å². The number of carbonyl (C=O) groups excluding carboxylic acids is 1. The van der Waals surface area contributed by atoms with Gasteiger partial charge < -0.3 is 11.1 Å². The standard InChI is InChI=1S/C10H20N2O/c1-12-9(10(11)13)8-6-4-2-3-5-7-8/h8-9,12H,2-7H2,1H3,(H2,11,13). The summed E-state index contributed by atoms with van der Waals surface area (Å²) >= 11 is 0. The molecule has 3 N–H and O–H groups in total. The Labute approximate surface area is 80.1 Å².